The van der Waals surface area contributed by atoms with Crippen LogP contribution in [-0.2, 0) is 0 Å². The van der Waals surface area contributed by atoms with Crippen LogP contribution in [0.2, 0.25) is 0 Å². The number of methoxy groups -OCH3 is 1. The minimum Gasteiger partial charge on any atom is -0.494 e. The van der Waals surface area contributed by atoms with Gasteiger partial charge in [-0.05, 0) is 34.5 Å². The highest BCUT2D eigenvalue weighted by atomic mass is 32.1. The molecule has 3 aromatic rings. The zero-order valence-corrected chi connectivity index (χ0v) is 10.8. The Hall–Kier alpha value is -1.59. The van der Waals surface area contributed by atoms with Crippen LogP contribution in [0.3, 0.4) is 0 Å². The number of rotatable bonds is 2. The van der Waals surface area contributed by atoms with Gasteiger partial charge in [0.1, 0.15) is 11.3 Å². The summed E-state index contributed by atoms with van der Waals surface area (Å²) in [5.74, 6) is 0.770. The lowest BCUT2D eigenvalue weighted by molar-refractivity contribution is 0.419. The van der Waals surface area contributed by atoms with Crippen molar-refractivity contribution in [1.29, 1.82) is 0 Å². The van der Waals surface area contributed by atoms with E-state index >= 15 is 0 Å². The van der Waals surface area contributed by atoms with Gasteiger partial charge < -0.3 is 10.5 Å². The third-order valence-corrected chi connectivity index (χ3v) is 4.18. The summed E-state index contributed by atoms with van der Waals surface area (Å²) in [4.78, 5) is 4.33. The third-order valence-electron chi connectivity index (χ3n) is 2.58. The molecule has 0 bridgehead atoms. The van der Waals surface area contributed by atoms with Crippen LogP contribution in [-0.4, -0.2) is 12.1 Å². The second-order valence-corrected chi connectivity index (χ2v) is 5.37. The maximum atomic E-state index is 5.79. The van der Waals surface area contributed by atoms with Crippen molar-refractivity contribution in [2.24, 2.45) is 0 Å². The van der Waals surface area contributed by atoms with Gasteiger partial charge in [0.2, 0.25) is 0 Å². The van der Waals surface area contributed by atoms with Crippen molar-refractivity contribution in [3.8, 4) is 16.9 Å². The topological polar surface area (TPSA) is 48.1 Å². The monoisotopic (exact) mass is 262 g/mol. The number of thiophene rings is 1. The Labute approximate surface area is 106 Å². The van der Waals surface area contributed by atoms with Crippen LogP contribution in [0.1, 0.15) is 0 Å². The first-order valence-corrected chi connectivity index (χ1v) is 6.81. The maximum absolute atomic E-state index is 5.79. The van der Waals surface area contributed by atoms with E-state index in [-0.39, 0.29) is 0 Å². The van der Waals surface area contributed by atoms with E-state index in [1.54, 1.807) is 18.4 Å². The van der Waals surface area contributed by atoms with Crippen LogP contribution >= 0.6 is 22.7 Å². The SMILES string of the molecule is COc1ccc(-c2ccsc2)c2sc(N)nc12. The summed E-state index contributed by atoms with van der Waals surface area (Å²) in [6.07, 6.45) is 0. The molecule has 0 unspecified atom stereocenters. The molecule has 0 aliphatic rings. The summed E-state index contributed by atoms with van der Waals surface area (Å²) in [5.41, 5.74) is 9.00. The number of nitrogen functional groups attached to an aromatic ring is 1. The molecule has 0 saturated carbocycles. The van der Waals surface area contributed by atoms with Gasteiger partial charge in [0.15, 0.2) is 5.13 Å². The van der Waals surface area contributed by atoms with Crippen molar-refractivity contribution in [3.05, 3.63) is 29.0 Å². The van der Waals surface area contributed by atoms with Crippen molar-refractivity contribution in [2.75, 3.05) is 12.8 Å². The van der Waals surface area contributed by atoms with Gasteiger partial charge >= 0.3 is 0 Å². The summed E-state index contributed by atoms with van der Waals surface area (Å²) in [5, 5.41) is 4.76. The van der Waals surface area contributed by atoms with Gasteiger partial charge in [-0.3, -0.25) is 0 Å². The average Bonchev–Trinajstić information content (AvgIpc) is 2.95. The van der Waals surface area contributed by atoms with Gasteiger partial charge in [-0.25, -0.2) is 4.98 Å². The standard InChI is InChI=1S/C12H10N2OS2/c1-15-9-3-2-8(7-4-5-16-6-7)11-10(9)14-12(13)17-11/h2-6H,1H3,(H2,13,14). The lowest BCUT2D eigenvalue weighted by Crippen LogP contribution is -1.86. The predicted octanol–water partition coefficient (Wildman–Crippen LogP) is 3.62. The smallest absolute Gasteiger partial charge is 0.181 e. The van der Waals surface area contributed by atoms with E-state index in [2.05, 4.69) is 27.9 Å². The van der Waals surface area contributed by atoms with Crippen LogP contribution in [0.4, 0.5) is 5.13 Å². The highest BCUT2D eigenvalue weighted by Crippen LogP contribution is 2.39. The minimum absolute atomic E-state index is 0.570. The van der Waals surface area contributed by atoms with E-state index in [1.165, 1.54) is 16.9 Å². The number of ether oxygens (including phenoxy) is 1. The Balaban J connectivity index is 2.34. The predicted molar refractivity (Wildman–Crippen MR) is 73.9 cm³/mol. The molecule has 0 radical (unpaired) electrons. The van der Waals surface area contributed by atoms with E-state index in [1.807, 2.05) is 6.07 Å². The van der Waals surface area contributed by atoms with Crippen molar-refractivity contribution in [1.82, 2.24) is 4.98 Å². The second-order valence-electron chi connectivity index (χ2n) is 3.56. The highest BCUT2D eigenvalue weighted by molar-refractivity contribution is 7.22. The molecule has 2 heterocycles. The first kappa shape index (κ1) is 10.6. The zero-order valence-electron chi connectivity index (χ0n) is 9.14. The summed E-state index contributed by atoms with van der Waals surface area (Å²) in [6.45, 7) is 0. The molecule has 2 N–H and O–H groups in total. The lowest BCUT2D eigenvalue weighted by Gasteiger charge is -2.04. The molecule has 5 heteroatoms. The zero-order chi connectivity index (χ0) is 11.8. The van der Waals surface area contributed by atoms with Crippen molar-refractivity contribution < 1.29 is 4.74 Å². The van der Waals surface area contributed by atoms with Gasteiger partial charge in [0.25, 0.3) is 0 Å². The molecule has 0 aliphatic carbocycles. The van der Waals surface area contributed by atoms with Crippen molar-refractivity contribution in [2.45, 2.75) is 0 Å². The fraction of sp³-hybridized carbons (Fsp3) is 0.0833. The number of aromatic nitrogens is 1. The van der Waals surface area contributed by atoms with Gasteiger partial charge in [0.05, 0.1) is 11.8 Å². The van der Waals surface area contributed by atoms with E-state index in [4.69, 9.17) is 10.5 Å². The molecule has 0 spiro atoms. The van der Waals surface area contributed by atoms with E-state index in [0.29, 0.717) is 5.13 Å². The van der Waals surface area contributed by atoms with Crippen molar-refractivity contribution >= 4 is 38.0 Å². The number of nitrogens with zero attached hydrogens (tertiary/aromatic N) is 1. The Kier molecular flexibility index (Phi) is 2.49. The fourth-order valence-electron chi connectivity index (χ4n) is 1.81. The van der Waals surface area contributed by atoms with Crippen LogP contribution in [0.25, 0.3) is 21.3 Å². The summed E-state index contributed by atoms with van der Waals surface area (Å²) >= 11 is 3.18. The average molecular weight is 262 g/mol. The van der Waals surface area contributed by atoms with Gasteiger partial charge in [0, 0.05) is 5.56 Å². The Morgan fingerprint density at radius 2 is 2.18 bits per heavy atom. The molecule has 2 aromatic heterocycles. The Morgan fingerprint density at radius 3 is 2.88 bits per heavy atom. The molecule has 0 aliphatic heterocycles. The number of hydrogen-bond acceptors (Lipinski definition) is 5. The summed E-state index contributed by atoms with van der Waals surface area (Å²) in [6, 6.07) is 6.09. The largest absolute Gasteiger partial charge is 0.494 e. The molecule has 0 saturated heterocycles. The van der Waals surface area contributed by atoms with Gasteiger partial charge in [-0.1, -0.05) is 11.3 Å². The summed E-state index contributed by atoms with van der Waals surface area (Å²) in [7, 11) is 1.65. The molecule has 3 rings (SSSR count). The molecule has 86 valence electrons. The molecular formula is C12H10N2OS2. The quantitative estimate of drug-likeness (QED) is 0.767. The molecule has 1 aromatic carbocycles. The second kappa shape index (κ2) is 4.01. The lowest BCUT2D eigenvalue weighted by atomic mass is 10.1. The maximum Gasteiger partial charge on any atom is 0.181 e. The number of hydrogen-bond donors (Lipinski definition) is 1. The van der Waals surface area contributed by atoms with E-state index in [9.17, 15) is 0 Å². The van der Waals surface area contributed by atoms with Crippen LogP contribution < -0.4 is 10.5 Å². The minimum atomic E-state index is 0.570. The van der Waals surface area contributed by atoms with Crippen LogP contribution in [0.5, 0.6) is 5.75 Å². The van der Waals surface area contributed by atoms with Crippen LogP contribution in [0.15, 0.2) is 29.0 Å². The fourth-order valence-corrected chi connectivity index (χ4v) is 3.35. The number of anilines is 1. The molecule has 17 heavy (non-hydrogen) atoms. The Bertz CT molecular complexity index is 659. The third kappa shape index (κ3) is 1.67. The highest BCUT2D eigenvalue weighted by Gasteiger charge is 2.13. The van der Waals surface area contributed by atoms with E-state index in [0.717, 1.165) is 21.5 Å². The van der Waals surface area contributed by atoms with E-state index < -0.39 is 0 Å². The normalized spacial score (nSPS) is 10.9. The van der Waals surface area contributed by atoms with Crippen molar-refractivity contribution in [3.63, 3.8) is 0 Å². The number of benzene rings is 1. The molecule has 3 nitrogen and oxygen atoms in total. The first-order valence-electron chi connectivity index (χ1n) is 5.05. The number of thiazole rings is 1. The van der Waals surface area contributed by atoms with Crippen LogP contribution in [0, 0.1) is 0 Å². The number of nitrogens with two attached hydrogens (primary N) is 1. The Morgan fingerprint density at radius 1 is 1.29 bits per heavy atom. The molecule has 0 amide bonds. The van der Waals surface area contributed by atoms with Gasteiger partial charge in [-0.15, -0.1) is 0 Å². The molecular weight excluding hydrogens is 252 g/mol. The van der Waals surface area contributed by atoms with Gasteiger partial charge in [-0.2, -0.15) is 11.3 Å². The first-order chi connectivity index (χ1) is 8.29. The molecule has 0 atom stereocenters. The summed E-state index contributed by atoms with van der Waals surface area (Å²) < 4.78 is 6.39. The number of fused-ring (bicyclic) bond motifs is 1. The molecule has 0 fully saturated rings.